The molecule has 70 valence electrons. The van der Waals surface area contributed by atoms with Gasteiger partial charge in [0.2, 0.25) is 5.91 Å². The van der Waals surface area contributed by atoms with Crippen molar-refractivity contribution in [1.29, 1.82) is 0 Å². The molecular formula is C7H16N4O. The number of amides is 1. The van der Waals surface area contributed by atoms with Crippen LogP contribution in [0.15, 0.2) is 4.99 Å². The molecule has 0 rings (SSSR count). The average Bonchev–Trinajstić information content (AvgIpc) is 1.82. The zero-order chi connectivity index (χ0) is 9.94. The maximum atomic E-state index is 11.4. The Kier molecular flexibility index (Phi) is 3.06. The minimum atomic E-state index is -0.873. The number of carbonyl (C=O) groups excluding carboxylic acids is 1. The lowest BCUT2D eigenvalue weighted by molar-refractivity contribution is -0.133. The minimum absolute atomic E-state index is 0.0739. The van der Waals surface area contributed by atoms with E-state index in [0.29, 0.717) is 0 Å². The van der Waals surface area contributed by atoms with Crippen LogP contribution in [0, 0.1) is 0 Å². The second kappa shape index (κ2) is 3.42. The lowest BCUT2D eigenvalue weighted by Gasteiger charge is -2.22. The molecule has 12 heavy (non-hydrogen) atoms. The van der Waals surface area contributed by atoms with Crippen LogP contribution in [0.4, 0.5) is 0 Å². The molecular weight excluding hydrogens is 156 g/mol. The number of nitrogens with zero attached hydrogens (tertiary/aromatic N) is 2. The maximum Gasteiger partial charge on any atom is 0.249 e. The van der Waals surface area contributed by atoms with Crippen LogP contribution in [0.3, 0.4) is 0 Å². The van der Waals surface area contributed by atoms with Crippen molar-refractivity contribution in [3.63, 3.8) is 0 Å². The molecule has 0 aromatic carbocycles. The van der Waals surface area contributed by atoms with Crippen LogP contribution in [0.25, 0.3) is 0 Å². The van der Waals surface area contributed by atoms with Crippen LogP contribution < -0.4 is 11.5 Å². The molecule has 0 heterocycles. The number of rotatable bonds is 2. The molecule has 0 spiro atoms. The van der Waals surface area contributed by atoms with Gasteiger partial charge in [-0.15, -0.1) is 0 Å². The average molecular weight is 172 g/mol. The van der Waals surface area contributed by atoms with Crippen molar-refractivity contribution in [3.05, 3.63) is 0 Å². The predicted molar refractivity (Wildman–Crippen MR) is 48.6 cm³/mol. The van der Waals surface area contributed by atoms with E-state index in [1.165, 1.54) is 4.90 Å². The Labute approximate surface area is 72.4 Å². The quantitative estimate of drug-likeness (QED) is 0.419. The first-order chi connectivity index (χ1) is 5.27. The molecule has 0 aliphatic heterocycles. The van der Waals surface area contributed by atoms with Crippen LogP contribution in [0.1, 0.15) is 13.8 Å². The van der Waals surface area contributed by atoms with E-state index in [0.717, 1.165) is 0 Å². The highest BCUT2D eigenvalue weighted by Gasteiger charge is 2.28. The van der Waals surface area contributed by atoms with Gasteiger partial charge in [0.15, 0.2) is 5.96 Å². The van der Waals surface area contributed by atoms with Gasteiger partial charge in [0, 0.05) is 14.1 Å². The molecule has 4 N–H and O–H groups in total. The van der Waals surface area contributed by atoms with Gasteiger partial charge in [-0.1, -0.05) is 0 Å². The molecule has 0 saturated heterocycles. The van der Waals surface area contributed by atoms with Crippen LogP contribution in [0.2, 0.25) is 0 Å². The van der Waals surface area contributed by atoms with Crippen molar-refractivity contribution in [2.24, 2.45) is 16.5 Å². The van der Waals surface area contributed by atoms with Crippen LogP contribution in [-0.2, 0) is 4.79 Å². The summed E-state index contributed by atoms with van der Waals surface area (Å²) in [5.41, 5.74) is 9.47. The van der Waals surface area contributed by atoms with E-state index < -0.39 is 5.54 Å². The van der Waals surface area contributed by atoms with Crippen molar-refractivity contribution < 1.29 is 4.79 Å². The topological polar surface area (TPSA) is 84.7 Å². The molecule has 1 amide bonds. The van der Waals surface area contributed by atoms with E-state index in [1.54, 1.807) is 27.9 Å². The highest BCUT2D eigenvalue weighted by atomic mass is 16.2. The third-order valence-electron chi connectivity index (χ3n) is 1.34. The first kappa shape index (κ1) is 10.7. The molecule has 0 unspecified atom stereocenters. The Morgan fingerprint density at radius 1 is 1.33 bits per heavy atom. The Morgan fingerprint density at radius 3 is 2.00 bits per heavy atom. The Bertz CT molecular complexity index is 203. The van der Waals surface area contributed by atoms with Gasteiger partial charge in [0.05, 0.1) is 0 Å². The summed E-state index contributed by atoms with van der Waals surface area (Å²) in [4.78, 5) is 16.7. The van der Waals surface area contributed by atoms with Crippen LogP contribution in [0.5, 0.6) is 0 Å². The molecule has 0 saturated carbocycles. The summed E-state index contributed by atoms with van der Waals surface area (Å²) < 4.78 is 0. The zero-order valence-corrected chi connectivity index (χ0v) is 7.96. The Hall–Kier alpha value is -1.26. The molecule has 0 bridgehead atoms. The Balaban J connectivity index is 4.62. The van der Waals surface area contributed by atoms with E-state index in [2.05, 4.69) is 4.99 Å². The minimum Gasteiger partial charge on any atom is -0.370 e. The second-order valence-electron chi connectivity index (χ2n) is 3.30. The fraction of sp³-hybridized carbons (Fsp3) is 0.714. The molecule has 0 radical (unpaired) electrons. The SMILES string of the molecule is CN(C)C(=O)C(C)(C)N=C(N)N. The lowest BCUT2D eigenvalue weighted by Crippen LogP contribution is -2.42. The van der Waals surface area contributed by atoms with E-state index in [-0.39, 0.29) is 11.9 Å². The van der Waals surface area contributed by atoms with Gasteiger partial charge in [-0.25, -0.2) is 4.99 Å². The summed E-state index contributed by atoms with van der Waals surface area (Å²) in [6, 6.07) is 0. The predicted octanol–water partition coefficient (Wildman–Crippen LogP) is -0.873. The van der Waals surface area contributed by atoms with Crippen molar-refractivity contribution >= 4 is 11.9 Å². The van der Waals surface area contributed by atoms with E-state index in [1.807, 2.05) is 0 Å². The normalized spacial score (nSPS) is 10.7. The van der Waals surface area contributed by atoms with Crippen molar-refractivity contribution in [1.82, 2.24) is 4.90 Å². The first-order valence-corrected chi connectivity index (χ1v) is 3.60. The molecule has 0 aromatic rings. The summed E-state index contributed by atoms with van der Waals surface area (Å²) in [6.07, 6.45) is 0. The van der Waals surface area contributed by atoms with Gasteiger partial charge in [0.25, 0.3) is 0 Å². The highest BCUT2D eigenvalue weighted by molar-refractivity contribution is 5.88. The lowest BCUT2D eigenvalue weighted by atomic mass is 10.1. The first-order valence-electron chi connectivity index (χ1n) is 3.60. The number of hydrogen-bond acceptors (Lipinski definition) is 2. The standard InChI is InChI=1S/C7H16N4O/c1-7(2,10-6(8)9)5(12)11(3)4/h1-4H3,(H4,8,9,10). The Morgan fingerprint density at radius 2 is 1.75 bits per heavy atom. The van der Waals surface area contributed by atoms with Gasteiger partial charge >= 0.3 is 0 Å². The molecule has 5 nitrogen and oxygen atoms in total. The summed E-state index contributed by atoms with van der Waals surface area (Å²) in [5.74, 6) is -0.203. The monoisotopic (exact) mass is 172 g/mol. The summed E-state index contributed by atoms with van der Waals surface area (Å²) >= 11 is 0. The van der Waals surface area contributed by atoms with Gasteiger partial charge in [-0.3, -0.25) is 4.79 Å². The van der Waals surface area contributed by atoms with Crippen molar-refractivity contribution in [3.8, 4) is 0 Å². The largest absolute Gasteiger partial charge is 0.370 e. The summed E-state index contributed by atoms with van der Waals surface area (Å²) in [5, 5.41) is 0. The van der Waals surface area contributed by atoms with Gasteiger partial charge in [-0.2, -0.15) is 0 Å². The molecule has 0 aromatic heterocycles. The number of hydrogen-bond donors (Lipinski definition) is 2. The number of guanidine groups is 1. The zero-order valence-electron chi connectivity index (χ0n) is 7.96. The molecule has 0 aliphatic rings. The maximum absolute atomic E-state index is 11.4. The molecule has 0 atom stereocenters. The van der Waals surface area contributed by atoms with Gasteiger partial charge in [-0.05, 0) is 13.8 Å². The summed E-state index contributed by atoms with van der Waals surface area (Å²) in [7, 11) is 3.32. The second-order valence-corrected chi connectivity index (χ2v) is 3.30. The van der Waals surface area contributed by atoms with Crippen LogP contribution >= 0.6 is 0 Å². The number of nitrogens with two attached hydrogens (primary N) is 2. The fourth-order valence-electron chi connectivity index (χ4n) is 0.918. The third-order valence-corrected chi connectivity index (χ3v) is 1.34. The van der Waals surface area contributed by atoms with Gasteiger partial charge < -0.3 is 16.4 Å². The van der Waals surface area contributed by atoms with E-state index >= 15 is 0 Å². The molecule has 5 heteroatoms. The van der Waals surface area contributed by atoms with E-state index in [4.69, 9.17) is 11.5 Å². The highest BCUT2D eigenvalue weighted by Crippen LogP contribution is 2.10. The number of likely N-dealkylation sites (N-methyl/N-ethyl adjacent to an activating group) is 1. The molecule has 0 aliphatic carbocycles. The third kappa shape index (κ3) is 2.77. The number of carbonyl (C=O) groups is 1. The number of aliphatic imine (C=N–C) groups is 1. The fourth-order valence-corrected chi connectivity index (χ4v) is 0.918. The van der Waals surface area contributed by atoms with Gasteiger partial charge in [0.1, 0.15) is 5.54 Å². The van der Waals surface area contributed by atoms with Crippen molar-refractivity contribution in [2.75, 3.05) is 14.1 Å². The smallest absolute Gasteiger partial charge is 0.249 e. The molecule has 0 fully saturated rings. The van der Waals surface area contributed by atoms with Crippen LogP contribution in [-0.4, -0.2) is 36.4 Å². The van der Waals surface area contributed by atoms with Crippen molar-refractivity contribution in [2.45, 2.75) is 19.4 Å². The van der Waals surface area contributed by atoms with E-state index in [9.17, 15) is 4.79 Å². The summed E-state index contributed by atoms with van der Waals surface area (Å²) in [6.45, 7) is 3.32.